The highest BCUT2D eigenvalue weighted by Gasteiger charge is 2.27. The normalized spacial score (nSPS) is 15.8. The zero-order valence-corrected chi connectivity index (χ0v) is 16.9. The van der Waals surface area contributed by atoms with Crippen LogP contribution in [0.5, 0.6) is 0 Å². The van der Waals surface area contributed by atoms with Crippen LogP contribution in [0.15, 0.2) is 27.9 Å². The quantitative estimate of drug-likeness (QED) is 0.753. The van der Waals surface area contributed by atoms with Gasteiger partial charge in [-0.05, 0) is 53.1 Å². The fourth-order valence-corrected chi connectivity index (χ4v) is 4.28. The molecule has 0 aromatic carbocycles. The zero-order chi connectivity index (χ0) is 17.5. The van der Waals surface area contributed by atoms with Crippen molar-refractivity contribution < 1.29 is 4.79 Å². The van der Waals surface area contributed by atoms with Crippen molar-refractivity contribution in [3.8, 4) is 0 Å². The van der Waals surface area contributed by atoms with Crippen molar-refractivity contribution in [1.82, 2.24) is 9.55 Å². The van der Waals surface area contributed by atoms with Crippen molar-refractivity contribution in [3.63, 3.8) is 0 Å². The first-order valence-corrected chi connectivity index (χ1v) is 9.77. The molecule has 2 heterocycles. The molecule has 3 rings (SSSR count). The number of pyridine rings is 1. The SMILES string of the molecule is Cc1c(C(C)(C)C)sc(=NC(=O)c2cncc(Br)c2)n1CC1CC1. The smallest absolute Gasteiger partial charge is 0.281 e. The minimum Gasteiger partial charge on any atom is -0.320 e. The summed E-state index contributed by atoms with van der Waals surface area (Å²) in [6, 6.07) is 1.76. The summed E-state index contributed by atoms with van der Waals surface area (Å²) >= 11 is 4.99. The first-order chi connectivity index (χ1) is 11.3. The van der Waals surface area contributed by atoms with Gasteiger partial charge in [-0.1, -0.05) is 20.8 Å². The molecule has 0 saturated heterocycles. The van der Waals surface area contributed by atoms with Gasteiger partial charge in [-0.25, -0.2) is 0 Å². The second-order valence-electron chi connectivity index (χ2n) is 7.41. The number of amides is 1. The summed E-state index contributed by atoms with van der Waals surface area (Å²) in [5.74, 6) is 0.489. The maximum absolute atomic E-state index is 12.6. The van der Waals surface area contributed by atoms with Gasteiger partial charge in [-0.3, -0.25) is 9.78 Å². The minimum atomic E-state index is -0.241. The van der Waals surface area contributed by atoms with Crippen molar-refractivity contribution in [1.29, 1.82) is 0 Å². The molecule has 2 aromatic heterocycles. The molecule has 2 aromatic rings. The number of halogens is 1. The van der Waals surface area contributed by atoms with E-state index in [9.17, 15) is 4.79 Å². The van der Waals surface area contributed by atoms with Gasteiger partial charge in [0.15, 0.2) is 4.80 Å². The summed E-state index contributed by atoms with van der Waals surface area (Å²) in [4.78, 5) is 23.1. The molecule has 1 saturated carbocycles. The third-order valence-electron chi connectivity index (χ3n) is 4.13. The molecule has 1 aliphatic rings. The van der Waals surface area contributed by atoms with Crippen LogP contribution in [0, 0.1) is 12.8 Å². The number of carbonyl (C=O) groups is 1. The van der Waals surface area contributed by atoms with Crippen LogP contribution in [0.3, 0.4) is 0 Å². The van der Waals surface area contributed by atoms with Crippen molar-refractivity contribution in [2.75, 3.05) is 0 Å². The van der Waals surface area contributed by atoms with Crippen molar-refractivity contribution in [2.45, 2.75) is 52.5 Å². The summed E-state index contributed by atoms with van der Waals surface area (Å²) in [6.45, 7) is 9.72. The third kappa shape index (κ3) is 3.86. The lowest BCUT2D eigenvalue weighted by atomic mass is 9.93. The Bertz CT molecular complexity index is 841. The monoisotopic (exact) mass is 407 g/mol. The Hall–Kier alpha value is -1.27. The van der Waals surface area contributed by atoms with Gasteiger partial charge >= 0.3 is 0 Å². The molecule has 128 valence electrons. The van der Waals surface area contributed by atoms with Crippen LogP contribution in [-0.4, -0.2) is 15.5 Å². The average molecular weight is 408 g/mol. The van der Waals surface area contributed by atoms with Gasteiger partial charge in [-0.15, -0.1) is 11.3 Å². The first-order valence-electron chi connectivity index (χ1n) is 8.16. The van der Waals surface area contributed by atoms with Gasteiger partial charge in [0.1, 0.15) is 0 Å². The Balaban J connectivity index is 2.06. The van der Waals surface area contributed by atoms with E-state index in [1.807, 2.05) is 0 Å². The lowest BCUT2D eigenvalue weighted by Gasteiger charge is -2.17. The first kappa shape index (κ1) is 17.5. The van der Waals surface area contributed by atoms with E-state index in [0.717, 1.165) is 21.7 Å². The van der Waals surface area contributed by atoms with Gasteiger partial charge in [0.25, 0.3) is 5.91 Å². The number of rotatable bonds is 3. The van der Waals surface area contributed by atoms with Crippen molar-refractivity contribution >= 4 is 33.2 Å². The molecule has 0 radical (unpaired) electrons. The summed E-state index contributed by atoms with van der Waals surface area (Å²) in [6.07, 6.45) is 5.77. The summed E-state index contributed by atoms with van der Waals surface area (Å²) in [7, 11) is 0. The van der Waals surface area contributed by atoms with E-state index in [1.54, 1.807) is 29.8 Å². The molecular weight excluding hydrogens is 386 g/mol. The lowest BCUT2D eigenvalue weighted by molar-refractivity contribution is 0.0997. The molecule has 0 bridgehead atoms. The van der Waals surface area contributed by atoms with Crippen LogP contribution < -0.4 is 4.80 Å². The number of hydrogen-bond acceptors (Lipinski definition) is 3. The van der Waals surface area contributed by atoms with Crippen molar-refractivity contribution in [3.05, 3.63) is 43.9 Å². The zero-order valence-electron chi connectivity index (χ0n) is 14.5. The number of nitrogens with zero attached hydrogens (tertiary/aromatic N) is 3. The molecule has 1 amide bonds. The number of carbonyl (C=O) groups excluding carboxylic acids is 1. The molecule has 0 atom stereocenters. The highest BCUT2D eigenvalue weighted by Crippen LogP contribution is 2.33. The molecule has 4 nitrogen and oxygen atoms in total. The molecule has 1 fully saturated rings. The average Bonchev–Trinajstić information content (AvgIpc) is 3.25. The topological polar surface area (TPSA) is 47.2 Å². The second-order valence-corrected chi connectivity index (χ2v) is 9.31. The Morgan fingerprint density at radius 3 is 2.71 bits per heavy atom. The maximum Gasteiger partial charge on any atom is 0.281 e. The van der Waals surface area contributed by atoms with E-state index in [-0.39, 0.29) is 11.3 Å². The van der Waals surface area contributed by atoms with E-state index < -0.39 is 0 Å². The van der Waals surface area contributed by atoms with E-state index in [0.29, 0.717) is 5.56 Å². The Kier molecular flexibility index (Phi) is 4.80. The van der Waals surface area contributed by atoms with E-state index in [2.05, 4.69) is 58.2 Å². The Morgan fingerprint density at radius 1 is 1.42 bits per heavy atom. The highest BCUT2D eigenvalue weighted by atomic mass is 79.9. The molecule has 0 aliphatic heterocycles. The minimum absolute atomic E-state index is 0.0498. The van der Waals surface area contributed by atoms with Crippen LogP contribution in [0.2, 0.25) is 0 Å². The fraction of sp³-hybridized carbons (Fsp3) is 0.500. The molecule has 6 heteroatoms. The Labute approximate surface area is 154 Å². The number of hydrogen-bond donors (Lipinski definition) is 0. The molecule has 1 aliphatic carbocycles. The van der Waals surface area contributed by atoms with Crippen LogP contribution in [0.4, 0.5) is 0 Å². The van der Waals surface area contributed by atoms with Crippen LogP contribution >= 0.6 is 27.3 Å². The molecule has 0 spiro atoms. The third-order valence-corrected chi connectivity index (χ3v) is 6.17. The fourth-order valence-electron chi connectivity index (χ4n) is 2.72. The molecule has 24 heavy (non-hydrogen) atoms. The number of thiazole rings is 1. The maximum atomic E-state index is 12.6. The standard InChI is InChI=1S/C18H22BrN3OS/c1-11-15(18(2,3)4)24-17(22(11)10-12-5-6-12)21-16(23)13-7-14(19)9-20-8-13/h7-9,12H,5-6,10H2,1-4H3. The summed E-state index contributed by atoms with van der Waals surface area (Å²) < 4.78 is 3.01. The largest absolute Gasteiger partial charge is 0.320 e. The Morgan fingerprint density at radius 2 is 2.12 bits per heavy atom. The van der Waals surface area contributed by atoms with Crippen LogP contribution in [0.1, 0.15) is 54.5 Å². The van der Waals surface area contributed by atoms with Crippen molar-refractivity contribution in [2.24, 2.45) is 10.9 Å². The lowest BCUT2D eigenvalue weighted by Crippen LogP contribution is -2.20. The van der Waals surface area contributed by atoms with E-state index in [1.165, 1.54) is 23.4 Å². The molecular formula is C18H22BrN3OS. The van der Waals surface area contributed by atoms with Gasteiger partial charge in [-0.2, -0.15) is 4.99 Å². The van der Waals surface area contributed by atoms with Gasteiger partial charge < -0.3 is 4.57 Å². The van der Waals surface area contributed by atoms with Gasteiger partial charge in [0.05, 0.1) is 5.56 Å². The summed E-state index contributed by atoms with van der Waals surface area (Å²) in [5, 5.41) is 0. The predicted molar refractivity (Wildman–Crippen MR) is 100 cm³/mol. The van der Waals surface area contributed by atoms with E-state index in [4.69, 9.17) is 0 Å². The highest BCUT2D eigenvalue weighted by molar-refractivity contribution is 9.10. The van der Waals surface area contributed by atoms with Crippen LogP contribution in [-0.2, 0) is 12.0 Å². The van der Waals surface area contributed by atoms with Crippen LogP contribution in [0.25, 0.3) is 0 Å². The summed E-state index contributed by atoms with van der Waals surface area (Å²) in [5.41, 5.74) is 1.79. The number of aromatic nitrogens is 2. The van der Waals surface area contributed by atoms with Gasteiger partial charge in [0.2, 0.25) is 0 Å². The molecule has 0 N–H and O–H groups in total. The molecule has 0 unspecified atom stereocenters. The van der Waals surface area contributed by atoms with Gasteiger partial charge in [0, 0.05) is 34.0 Å². The van der Waals surface area contributed by atoms with E-state index >= 15 is 0 Å². The second kappa shape index (κ2) is 6.56. The predicted octanol–water partition coefficient (Wildman–Crippen LogP) is 4.46.